The van der Waals surface area contributed by atoms with Gasteiger partial charge in [0.1, 0.15) is 0 Å². The Kier molecular flexibility index (Phi) is 8.05. The van der Waals surface area contributed by atoms with E-state index in [9.17, 15) is 5.21 Å². The molecule has 1 N–H and O–H groups in total. The van der Waals surface area contributed by atoms with E-state index in [2.05, 4.69) is 11.9 Å². The number of para-hydroxylation sites is 1. The fraction of sp³-hybridized carbons (Fsp3) is 0.381. The summed E-state index contributed by atoms with van der Waals surface area (Å²) >= 11 is 0. The van der Waals surface area contributed by atoms with Crippen LogP contribution in [-0.2, 0) is 0 Å². The van der Waals surface area contributed by atoms with Crippen LogP contribution in [0.25, 0.3) is 0 Å². The van der Waals surface area contributed by atoms with Crippen LogP contribution in [0.15, 0.2) is 65.7 Å². The number of aliphatic imine (C=N–C) groups is 1. The Morgan fingerprint density at radius 1 is 0.833 bits per heavy atom. The fourth-order valence-electron chi connectivity index (χ4n) is 2.64. The molecule has 0 aliphatic carbocycles. The second-order valence-electron chi connectivity index (χ2n) is 5.99. The summed E-state index contributed by atoms with van der Waals surface area (Å²) in [6, 6.07) is 19.4. The molecule has 0 atom stereocenters. The van der Waals surface area contributed by atoms with E-state index in [1.165, 1.54) is 37.2 Å². The molecule has 2 aromatic rings. The molecule has 3 heteroatoms. The van der Waals surface area contributed by atoms with Crippen molar-refractivity contribution in [2.75, 3.05) is 11.6 Å². The summed E-state index contributed by atoms with van der Waals surface area (Å²) in [5, 5.41) is 11.8. The molecule has 0 saturated heterocycles. The van der Waals surface area contributed by atoms with Crippen LogP contribution < -0.4 is 5.06 Å². The smallest absolute Gasteiger partial charge is 0.160 e. The van der Waals surface area contributed by atoms with E-state index < -0.39 is 0 Å². The molecule has 0 saturated carbocycles. The highest BCUT2D eigenvalue weighted by atomic mass is 16.5. The van der Waals surface area contributed by atoms with Gasteiger partial charge >= 0.3 is 0 Å². The maximum Gasteiger partial charge on any atom is 0.160 e. The Morgan fingerprint density at radius 2 is 1.42 bits per heavy atom. The van der Waals surface area contributed by atoms with Crippen molar-refractivity contribution < 1.29 is 5.21 Å². The Labute approximate surface area is 145 Å². The number of hydroxylamine groups is 1. The number of anilines is 1. The zero-order valence-corrected chi connectivity index (χ0v) is 14.6. The summed E-state index contributed by atoms with van der Waals surface area (Å²) in [7, 11) is 0. The largest absolute Gasteiger partial charge is 0.282 e. The van der Waals surface area contributed by atoms with Crippen LogP contribution in [0.2, 0.25) is 0 Å². The molecule has 0 aliphatic heterocycles. The van der Waals surface area contributed by atoms with Crippen LogP contribution in [0.5, 0.6) is 0 Å². The summed E-state index contributed by atoms with van der Waals surface area (Å²) in [4.78, 5) is 4.68. The van der Waals surface area contributed by atoms with Gasteiger partial charge < -0.3 is 0 Å². The van der Waals surface area contributed by atoms with Gasteiger partial charge in [-0.15, -0.1) is 0 Å². The normalized spacial score (nSPS) is 11.5. The van der Waals surface area contributed by atoms with Crippen molar-refractivity contribution in [1.82, 2.24) is 0 Å². The summed E-state index contributed by atoms with van der Waals surface area (Å²) in [5.41, 5.74) is 1.65. The minimum Gasteiger partial charge on any atom is -0.282 e. The van der Waals surface area contributed by atoms with Crippen LogP contribution in [0, 0.1) is 0 Å². The van der Waals surface area contributed by atoms with E-state index in [0.29, 0.717) is 5.84 Å². The Hall–Kier alpha value is -2.13. The minimum atomic E-state index is 0.607. The number of nitrogens with zero attached hydrogens (tertiary/aromatic N) is 2. The van der Waals surface area contributed by atoms with Crippen molar-refractivity contribution in [3.8, 4) is 0 Å². The highest BCUT2D eigenvalue weighted by Crippen LogP contribution is 2.16. The monoisotopic (exact) mass is 324 g/mol. The highest BCUT2D eigenvalue weighted by molar-refractivity contribution is 6.08. The molecule has 0 radical (unpaired) electrons. The van der Waals surface area contributed by atoms with Gasteiger partial charge in [0, 0.05) is 12.1 Å². The summed E-state index contributed by atoms with van der Waals surface area (Å²) in [6.07, 6.45) is 7.42. The van der Waals surface area contributed by atoms with E-state index in [-0.39, 0.29) is 0 Å². The van der Waals surface area contributed by atoms with E-state index in [1.54, 1.807) is 0 Å². The number of benzene rings is 2. The van der Waals surface area contributed by atoms with E-state index in [1.807, 2.05) is 60.7 Å². The lowest BCUT2D eigenvalue weighted by Gasteiger charge is -2.19. The third-order valence-electron chi connectivity index (χ3n) is 4.01. The molecule has 24 heavy (non-hydrogen) atoms. The Bertz CT molecular complexity index is 596. The van der Waals surface area contributed by atoms with E-state index in [4.69, 9.17) is 0 Å². The lowest BCUT2D eigenvalue weighted by Crippen LogP contribution is -2.28. The van der Waals surface area contributed by atoms with Gasteiger partial charge in [-0.2, -0.15) is 0 Å². The molecule has 0 unspecified atom stereocenters. The lowest BCUT2D eigenvalue weighted by molar-refractivity contribution is 0.312. The van der Waals surface area contributed by atoms with Crippen LogP contribution in [0.4, 0.5) is 5.69 Å². The Balaban J connectivity index is 2.02. The molecule has 0 heterocycles. The highest BCUT2D eigenvalue weighted by Gasteiger charge is 2.12. The number of amidine groups is 1. The zero-order chi connectivity index (χ0) is 17.0. The molecule has 0 amide bonds. The summed E-state index contributed by atoms with van der Waals surface area (Å²) in [5.74, 6) is 0.607. The quantitative estimate of drug-likeness (QED) is 0.278. The van der Waals surface area contributed by atoms with Gasteiger partial charge in [-0.3, -0.25) is 10.2 Å². The molecule has 2 rings (SSSR count). The topological polar surface area (TPSA) is 35.8 Å². The van der Waals surface area contributed by atoms with Crippen LogP contribution in [0.1, 0.15) is 51.0 Å². The molecule has 0 spiro atoms. The van der Waals surface area contributed by atoms with Crippen molar-refractivity contribution in [2.45, 2.75) is 45.4 Å². The van der Waals surface area contributed by atoms with Crippen molar-refractivity contribution in [1.29, 1.82) is 0 Å². The number of hydrogen-bond acceptors (Lipinski definition) is 2. The first-order valence-corrected chi connectivity index (χ1v) is 8.97. The lowest BCUT2D eigenvalue weighted by atomic mass is 10.1. The van der Waals surface area contributed by atoms with Gasteiger partial charge in [0.05, 0.1) is 5.69 Å². The van der Waals surface area contributed by atoms with Crippen molar-refractivity contribution in [2.24, 2.45) is 4.99 Å². The average Bonchev–Trinajstić information content (AvgIpc) is 2.65. The number of hydrogen-bond donors (Lipinski definition) is 1. The number of unbranched alkanes of at least 4 members (excludes halogenated alkanes) is 5. The molecule has 0 aromatic heterocycles. The third-order valence-corrected chi connectivity index (χ3v) is 4.01. The van der Waals surface area contributed by atoms with Gasteiger partial charge in [-0.25, -0.2) is 5.06 Å². The van der Waals surface area contributed by atoms with E-state index >= 15 is 0 Å². The van der Waals surface area contributed by atoms with Gasteiger partial charge in [-0.1, -0.05) is 87.6 Å². The molecule has 0 fully saturated rings. The molecule has 128 valence electrons. The summed E-state index contributed by atoms with van der Waals surface area (Å²) in [6.45, 7) is 2.97. The molecule has 3 nitrogen and oxygen atoms in total. The van der Waals surface area contributed by atoms with Crippen molar-refractivity contribution >= 4 is 11.5 Å². The van der Waals surface area contributed by atoms with Crippen molar-refractivity contribution in [3.63, 3.8) is 0 Å². The fourth-order valence-corrected chi connectivity index (χ4v) is 2.64. The van der Waals surface area contributed by atoms with Crippen molar-refractivity contribution in [3.05, 3.63) is 66.2 Å². The maximum absolute atomic E-state index is 10.6. The predicted molar refractivity (Wildman–Crippen MR) is 102 cm³/mol. The Morgan fingerprint density at radius 3 is 2.08 bits per heavy atom. The second kappa shape index (κ2) is 10.6. The first-order valence-electron chi connectivity index (χ1n) is 8.97. The molecular weight excluding hydrogens is 296 g/mol. The predicted octanol–water partition coefficient (Wildman–Crippen LogP) is 5.69. The van der Waals surface area contributed by atoms with Gasteiger partial charge in [-0.05, 0) is 18.6 Å². The van der Waals surface area contributed by atoms with Gasteiger partial charge in [0.2, 0.25) is 0 Å². The molecule has 0 bridgehead atoms. The third kappa shape index (κ3) is 5.82. The van der Waals surface area contributed by atoms with E-state index in [0.717, 1.165) is 24.2 Å². The average molecular weight is 324 g/mol. The van der Waals surface area contributed by atoms with Crippen LogP contribution in [0.3, 0.4) is 0 Å². The first kappa shape index (κ1) is 18.2. The minimum absolute atomic E-state index is 0.607. The van der Waals surface area contributed by atoms with Gasteiger partial charge in [0.25, 0.3) is 0 Å². The number of rotatable bonds is 9. The standard InChI is InChI=1S/C21H28N2O/c1-2-3-4-5-6-13-18-22-21(19-14-9-7-10-15-19)23(24)20-16-11-8-12-17-20/h7-12,14-17,24H,2-6,13,18H2,1H3. The van der Waals surface area contributed by atoms with Crippen LogP contribution >= 0.6 is 0 Å². The molecule has 2 aromatic carbocycles. The molecular formula is C21H28N2O. The summed E-state index contributed by atoms with van der Waals surface area (Å²) < 4.78 is 0. The van der Waals surface area contributed by atoms with Crippen LogP contribution in [-0.4, -0.2) is 17.6 Å². The maximum atomic E-state index is 10.6. The van der Waals surface area contributed by atoms with Gasteiger partial charge in [0.15, 0.2) is 5.84 Å². The second-order valence-corrected chi connectivity index (χ2v) is 5.99. The SMILES string of the molecule is CCCCCCCCN=C(c1ccccc1)N(O)c1ccccc1. The zero-order valence-electron chi connectivity index (χ0n) is 14.6. The first-order chi connectivity index (χ1) is 11.8. The molecule has 0 aliphatic rings.